The van der Waals surface area contributed by atoms with E-state index < -0.39 is 0 Å². The molecule has 2 aromatic rings. The average molecular weight is 317 g/mol. The second-order valence-corrected chi connectivity index (χ2v) is 6.08. The molecule has 0 fully saturated rings. The number of carbonyl (C=O) groups excluding carboxylic acids is 1. The smallest absolute Gasteiger partial charge is 0.262 e. The summed E-state index contributed by atoms with van der Waals surface area (Å²) in [4.78, 5) is 29.0. The Morgan fingerprint density at radius 2 is 2.23 bits per heavy atom. The summed E-state index contributed by atoms with van der Waals surface area (Å²) in [6.07, 6.45) is 1.65. The number of para-hydroxylation sites is 1. The molecule has 1 amide bonds. The Labute approximate surface area is 133 Å². The van der Waals surface area contributed by atoms with Crippen molar-refractivity contribution in [2.45, 2.75) is 30.8 Å². The van der Waals surface area contributed by atoms with Crippen molar-refractivity contribution < 1.29 is 4.79 Å². The van der Waals surface area contributed by atoms with E-state index >= 15 is 0 Å². The number of aromatic nitrogens is 2. The van der Waals surface area contributed by atoms with Gasteiger partial charge in [-0.1, -0.05) is 30.0 Å². The molecule has 0 saturated heterocycles. The highest BCUT2D eigenvalue weighted by atomic mass is 32.2. The Morgan fingerprint density at radius 1 is 1.50 bits per heavy atom. The standard InChI is InChI=1S/C16H19N3O2S/c1-4-10-19-15(21)12-8-6-7-9-13(12)18-16(19)22-11(3)14(20)17-5-2/h4,6-9,11H,1,5,10H2,2-3H3,(H,17,20)/t11-/m0/s1. The number of benzene rings is 1. The molecular weight excluding hydrogens is 298 g/mol. The molecule has 0 aliphatic heterocycles. The van der Waals surface area contributed by atoms with E-state index in [4.69, 9.17) is 0 Å². The van der Waals surface area contributed by atoms with Gasteiger partial charge in [0.1, 0.15) is 0 Å². The van der Waals surface area contributed by atoms with E-state index in [0.29, 0.717) is 29.1 Å². The number of nitrogens with one attached hydrogen (secondary N) is 1. The zero-order valence-electron chi connectivity index (χ0n) is 12.7. The minimum absolute atomic E-state index is 0.0694. The molecule has 1 aromatic heterocycles. The number of thioether (sulfide) groups is 1. The van der Waals surface area contributed by atoms with Crippen LogP contribution in [0.5, 0.6) is 0 Å². The number of rotatable bonds is 6. The number of carbonyl (C=O) groups is 1. The molecule has 0 saturated carbocycles. The predicted molar refractivity (Wildman–Crippen MR) is 90.2 cm³/mol. The van der Waals surface area contributed by atoms with Crippen molar-refractivity contribution in [1.29, 1.82) is 0 Å². The van der Waals surface area contributed by atoms with Gasteiger partial charge >= 0.3 is 0 Å². The Kier molecular flexibility index (Phi) is 5.38. The summed E-state index contributed by atoms with van der Waals surface area (Å²) in [7, 11) is 0. The summed E-state index contributed by atoms with van der Waals surface area (Å²) in [6, 6.07) is 7.21. The summed E-state index contributed by atoms with van der Waals surface area (Å²) in [5.74, 6) is -0.0694. The quantitative estimate of drug-likeness (QED) is 0.504. The van der Waals surface area contributed by atoms with Crippen LogP contribution < -0.4 is 10.9 Å². The van der Waals surface area contributed by atoms with E-state index in [1.54, 1.807) is 29.7 Å². The van der Waals surface area contributed by atoms with Gasteiger partial charge in [0.25, 0.3) is 5.56 Å². The Morgan fingerprint density at radius 3 is 2.91 bits per heavy atom. The van der Waals surface area contributed by atoms with E-state index in [9.17, 15) is 9.59 Å². The first-order valence-electron chi connectivity index (χ1n) is 7.13. The van der Waals surface area contributed by atoms with Crippen LogP contribution in [0.15, 0.2) is 46.9 Å². The van der Waals surface area contributed by atoms with Gasteiger partial charge in [0.05, 0.1) is 16.2 Å². The Bertz CT molecular complexity index is 755. The first kappa shape index (κ1) is 16.3. The second kappa shape index (κ2) is 7.26. The van der Waals surface area contributed by atoms with E-state index in [-0.39, 0.29) is 16.7 Å². The normalized spacial score (nSPS) is 12.1. The number of hydrogen-bond acceptors (Lipinski definition) is 4. The highest BCUT2D eigenvalue weighted by Gasteiger charge is 2.18. The van der Waals surface area contributed by atoms with Crippen molar-refractivity contribution in [3.05, 3.63) is 47.3 Å². The van der Waals surface area contributed by atoms with Gasteiger partial charge in [0.2, 0.25) is 5.91 Å². The van der Waals surface area contributed by atoms with Gasteiger partial charge in [-0.05, 0) is 26.0 Å². The number of nitrogens with zero attached hydrogens (tertiary/aromatic N) is 2. The molecule has 5 nitrogen and oxygen atoms in total. The molecule has 1 atom stereocenters. The fourth-order valence-electron chi connectivity index (χ4n) is 2.06. The van der Waals surface area contributed by atoms with E-state index in [1.165, 1.54) is 11.8 Å². The monoisotopic (exact) mass is 317 g/mol. The zero-order chi connectivity index (χ0) is 16.1. The van der Waals surface area contributed by atoms with Crippen LogP contribution in [0, 0.1) is 0 Å². The van der Waals surface area contributed by atoms with Crippen LogP contribution in [0.1, 0.15) is 13.8 Å². The minimum atomic E-state index is -0.330. The van der Waals surface area contributed by atoms with Crippen LogP contribution in [-0.4, -0.2) is 27.3 Å². The molecule has 22 heavy (non-hydrogen) atoms. The molecule has 1 heterocycles. The fourth-order valence-corrected chi connectivity index (χ4v) is 3.00. The van der Waals surface area contributed by atoms with Gasteiger partial charge < -0.3 is 5.32 Å². The van der Waals surface area contributed by atoms with E-state index in [2.05, 4.69) is 16.9 Å². The first-order valence-corrected chi connectivity index (χ1v) is 8.01. The van der Waals surface area contributed by atoms with Gasteiger partial charge in [-0.3, -0.25) is 14.2 Å². The Balaban J connectivity index is 2.47. The molecule has 0 bridgehead atoms. The molecule has 0 aliphatic rings. The third-order valence-electron chi connectivity index (χ3n) is 3.14. The molecular formula is C16H19N3O2S. The van der Waals surface area contributed by atoms with Gasteiger partial charge in [-0.15, -0.1) is 6.58 Å². The second-order valence-electron chi connectivity index (χ2n) is 4.77. The SMILES string of the molecule is C=CCn1c(S[C@@H](C)C(=O)NCC)nc2ccccc2c1=O. The number of fused-ring (bicyclic) bond motifs is 1. The lowest BCUT2D eigenvalue weighted by molar-refractivity contribution is -0.120. The van der Waals surface area contributed by atoms with Crippen LogP contribution in [0.4, 0.5) is 0 Å². The van der Waals surface area contributed by atoms with Crippen LogP contribution in [-0.2, 0) is 11.3 Å². The number of amides is 1. The third kappa shape index (κ3) is 3.39. The lowest BCUT2D eigenvalue weighted by atomic mass is 10.2. The predicted octanol–water partition coefficient (Wildman–Crippen LogP) is 2.20. The summed E-state index contributed by atoms with van der Waals surface area (Å²) >= 11 is 1.28. The van der Waals surface area contributed by atoms with Gasteiger partial charge in [-0.25, -0.2) is 4.98 Å². The third-order valence-corrected chi connectivity index (χ3v) is 4.23. The summed E-state index contributed by atoms with van der Waals surface area (Å²) < 4.78 is 1.55. The maximum absolute atomic E-state index is 12.6. The fraction of sp³-hybridized carbons (Fsp3) is 0.312. The highest BCUT2D eigenvalue weighted by Crippen LogP contribution is 2.22. The molecule has 0 radical (unpaired) electrons. The van der Waals surface area contributed by atoms with Gasteiger partial charge in [0, 0.05) is 13.1 Å². The minimum Gasteiger partial charge on any atom is -0.355 e. The highest BCUT2D eigenvalue weighted by molar-refractivity contribution is 8.00. The van der Waals surface area contributed by atoms with Crippen LogP contribution >= 0.6 is 11.8 Å². The zero-order valence-corrected chi connectivity index (χ0v) is 13.5. The van der Waals surface area contributed by atoms with Gasteiger partial charge in [-0.2, -0.15) is 0 Å². The average Bonchev–Trinajstić information content (AvgIpc) is 2.51. The van der Waals surface area contributed by atoms with Crippen molar-refractivity contribution >= 4 is 28.6 Å². The molecule has 0 aliphatic carbocycles. The maximum atomic E-state index is 12.6. The van der Waals surface area contributed by atoms with Crippen LogP contribution in [0.2, 0.25) is 0 Å². The molecule has 1 aromatic carbocycles. The van der Waals surface area contributed by atoms with Crippen LogP contribution in [0.25, 0.3) is 10.9 Å². The summed E-state index contributed by atoms with van der Waals surface area (Å²) in [5, 5.41) is 3.54. The molecule has 0 unspecified atom stereocenters. The van der Waals surface area contributed by atoms with E-state index in [0.717, 1.165) is 0 Å². The molecule has 0 spiro atoms. The largest absolute Gasteiger partial charge is 0.355 e. The maximum Gasteiger partial charge on any atom is 0.262 e. The van der Waals surface area contributed by atoms with Crippen molar-refractivity contribution in [3.8, 4) is 0 Å². The number of hydrogen-bond donors (Lipinski definition) is 1. The first-order chi connectivity index (χ1) is 10.6. The lowest BCUT2D eigenvalue weighted by Crippen LogP contribution is -2.31. The van der Waals surface area contributed by atoms with Crippen LogP contribution in [0.3, 0.4) is 0 Å². The van der Waals surface area contributed by atoms with Crippen molar-refractivity contribution in [1.82, 2.24) is 14.9 Å². The van der Waals surface area contributed by atoms with Crippen molar-refractivity contribution in [2.24, 2.45) is 0 Å². The molecule has 2 rings (SSSR count). The number of allylic oxidation sites excluding steroid dienone is 1. The Hall–Kier alpha value is -2.08. The summed E-state index contributed by atoms with van der Waals surface area (Å²) in [6.45, 7) is 8.30. The lowest BCUT2D eigenvalue weighted by Gasteiger charge is -2.15. The topological polar surface area (TPSA) is 64.0 Å². The summed E-state index contributed by atoms with van der Waals surface area (Å²) in [5.41, 5.74) is 0.523. The van der Waals surface area contributed by atoms with Gasteiger partial charge in [0.15, 0.2) is 5.16 Å². The molecule has 6 heteroatoms. The molecule has 116 valence electrons. The van der Waals surface area contributed by atoms with Crippen molar-refractivity contribution in [3.63, 3.8) is 0 Å². The molecule has 1 N–H and O–H groups in total. The van der Waals surface area contributed by atoms with Crippen molar-refractivity contribution in [2.75, 3.05) is 6.54 Å². The van der Waals surface area contributed by atoms with E-state index in [1.807, 2.05) is 19.1 Å².